The molecular weight excluding hydrogens is 366 g/mol. The first-order valence-electron chi connectivity index (χ1n) is 5.51. The number of hydrogen-bond donors (Lipinski definition) is 1. The van der Waals surface area contributed by atoms with E-state index in [0.717, 1.165) is 11.6 Å². The molecule has 0 amide bonds. The molecule has 0 aliphatic rings. The summed E-state index contributed by atoms with van der Waals surface area (Å²) >= 11 is 1.72. The van der Waals surface area contributed by atoms with E-state index in [1.807, 2.05) is 6.92 Å². The topological polar surface area (TPSA) is 64.4 Å². The van der Waals surface area contributed by atoms with Gasteiger partial charge in [-0.3, -0.25) is 10.1 Å². The lowest BCUT2D eigenvalue weighted by molar-refractivity contribution is -0.384. The van der Waals surface area contributed by atoms with Crippen molar-refractivity contribution in [2.24, 2.45) is 0 Å². The summed E-state index contributed by atoms with van der Waals surface area (Å²) in [4.78, 5) is 10.3. The van der Waals surface area contributed by atoms with Crippen LogP contribution < -0.4 is 5.32 Å². The van der Waals surface area contributed by atoms with Crippen LogP contribution >= 0.6 is 22.6 Å². The SMILES string of the molecule is C=C(C)COCCNc1cc(F)c(I)cc1[N+](=O)[O-]. The molecular formula is C12H14FIN2O3. The van der Waals surface area contributed by atoms with Gasteiger partial charge >= 0.3 is 0 Å². The first-order chi connectivity index (χ1) is 8.91. The third-order valence-corrected chi connectivity index (χ3v) is 2.97. The summed E-state index contributed by atoms with van der Waals surface area (Å²) < 4.78 is 18.9. The molecule has 0 aliphatic carbocycles. The van der Waals surface area contributed by atoms with Gasteiger partial charge in [-0.25, -0.2) is 4.39 Å². The molecule has 1 aromatic rings. The van der Waals surface area contributed by atoms with E-state index < -0.39 is 10.7 Å². The van der Waals surface area contributed by atoms with Gasteiger partial charge in [0.15, 0.2) is 0 Å². The van der Waals surface area contributed by atoms with Gasteiger partial charge in [-0.05, 0) is 29.5 Å². The average Bonchev–Trinajstić information content (AvgIpc) is 2.32. The molecule has 0 aliphatic heterocycles. The molecule has 0 saturated carbocycles. The Morgan fingerprint density at radius 2 is 2.32 bits per heavy atom. The number of hydrogen-bond acceptors (Lipinski definition) is 4. The van der Waals surface area contributed by atoms with Crippen molar-refractivity contribution >= 4 is 34.0 Å². The number of nitro groups is 1. The van der Waals surface area contributed by atoms with E-state index in [4.69, 9.17) is 4.74 Å². The van der Waals surface area contributed by atoms with Crippen LogP contribution in [0.25, 0.3) is 0 Å². The van der Waals surface area contributed by atoms with E-state index >= 15 is 0 Å². The van der Waals surface area contributed by atoms with E-state index in [9.17, 15) is 14.5 Å². The van der Waals surface area contributed by atoms with E-state index in [2.05, 4.69) is 11.9 Å². The largest absolute Gasteiger partial charge is 0.377 e. The van der Waals surface area contributed by atoms with Crippen LogP contribution in [0.2, 0.25) is 0 Å². The van der Waals surface area contributed by atoms with Crippen LogP contribution in [0.1, 0.15) is 6.92 Å². The molecule has 1 rings (SSSR count). The number of halogens is 2. The number of benzene rings is 1. The van der Waals surface area contributed by atoms with Crippen LogP contribution in [0.3, 0.4) is 0 Å². The highest BCUT2D eigenvalue weighted by molar-refractivity contribution is 14.1. The summed E-state index contributed by atoms with van der Waals surface area (Å²) in [6.45, 7) is 6.67. The number of nitrogens with one attached hydrogen (secondary N) is 1. The van der Waals surface area contributed by atoms with E-state index in [0.29, 0.717) is 19.8 Å². The normalized spacial score (nSPS) is 10.3. The standard InChI is InChI=1S/C12H14FIN2O3/c1-8(2)7-19-4-3-15-11-5-9(13)10(14)6-12(11)16(17)18/h5-6,15H,1,3-4,7H2,2H3. The summed E-state index contributed by atoms with van der Waals surface area (Å²) in [7, 11) is 0. The van der Waals surface area contributed by atoms with Gasteiger partial charge in [0.25, 0.3) is 5.69 Å². The number of nitro benzene ring substituents is 1. The van der Waals surface area contributed by atoms with Crippen molar-refractivity contribution in [2.45, 2.75) is 6.92 Å². The second-order valence-corrected chi connectivity index (χ2v) is 5.14. The van der Waals surface area contributed by atoms with Gasteiger partial charge in [-0.1, -0.05) is 12.2 Å². The van der Waals surface area contributed by atoms with Crippen LogP contribution in [0, 0.1) is 19.5 Å². The minimum absolute atomic E-state index is 0.147. The predicted octanol–water partition coefficient (Wildman–Crippen LogP) is 3.34. The fourth-order valence-electron chi connectivity index (χ4n) is 1.33. The molecule has 1 aromatic carbocycles. The lowest BCUT2D eigenvalue weighted by Crippen LogP contribution is -2.11. The highest BCUT2D eigenvalue weighted by Gasteiger charge is 2.16. The number of nitrogens with zero attached hydrogens (tertiary/aromatic N) is 1. The Hall–Kier alpha value is -1.22. The van der Waals surface area contributed by atoms with Crippen LogP contribution in [0.4, 0.5) is 15.8 Å². The van der Waals surface area contributed by atoms with Gasteiger partial charge in [0, 0.05) is 18.7 Å². The third-order valence-electron chi connectivity index (χ3n) is 2.15. The molecule has 0 aromatic heterocycles. The molecule has 0 saturated heterocycles. The Labute approximate surface area is 124 Å². The number of anilines is 1. The van der Waals surface area contributed by atoms with Gasteiger partial charge < -0.3 is 10.1 Å². The zero-order valence-electron chi connectivity index (χ0n) is 10.4. The molecule has 0 radical (unpaired) electrons. The van der Waals surface area contributed by atoms with E-state index in [1.165, 1.54) is 6.07 Å². The maximum absolute atomic E-state index is 13.4. The Morgan fingerprint density at radius 1 is 1.63 bits per heavy atom. The maximum Gasteiger partial charge on any atom is 0.293 e. The Kier molecular flexibility index (Phi) is 6.16. The van der Waals surface area contributed by atoms with Crippen molar-refractivity contribution in [1.82, 2.24) is 0 Å². The van der Waals surface area contributed by atoms with Gasteiger partial charge in [0.1, 0.15) is 11.5 Å². The molecule has 5 nitrogen and oxygen atoms in total. The molecule has 104 valence electrons. The Morgan fingerprint density at radius 3 is 2.89 bits per heavy atom. The van der Waals surface area contributed by atoms with Gasteiger partial charge in [0.05, 0.1) is 21.7 Å². The molecule has 7 heteroatoms. The van der Waals surface area contributed by atoms with Gasteiger partial charge in [-0.15, -0.1) is 0 Å². The van der Waals surface area contributed by atoms with Crippen LogP contribution in [-0.2, 0) is 4.74 Å². The van der Waals surface area contributed by atoms with Crippen LogP contribution in [0.15, 0.2) is 24.3 Å². The quantitative estimate of drug-likeness (QED) is 0.259. The summed E-state index contributed by atoms with van der Waals surface area (Å²) in [6.07, 6.45) is 0. The van der Waals surface area contributed by atoms with Crippen LogP contribution in [-0.4, -0.2) is 24.7 Å². The summed E-state index contributed by atoms with van der Waals surface area (Å²) in [5.74, 6) is -0.489. The minimum atomic E-state index is -0.543. The van der Waals surface area contributed by atoms with Crippen molar-refractivity contribution in [3.63, 3.8) is 0 Å². The zero-order chi connectivity index (χ0) is 14.4. The molecule has 0 heterocycles. The predicted molar refractivity (Wildman–Crippen MR) is 79.9 cm³/mol. The number of ether oxygens (including phenoxy) is 1. The highest BCUT2D eigenvalue weighted by atomic mass is 127. The van der Waals surface area contributed by atoms with Crippen molar-refractivity contribution in [2.75, 3.05) is 25.1 Å². The molecule has 0 unspecified atom stereocenters. The molecule has 1 N–H and O–H groups in total. The highest BCUT2D eigenvalue weighted by Crippen LogP contribution is 2.28. The van der Waals surface area contributed by atoms with Crippen LogP contribution in [0.5, 0.6) is 0 Å². The first kappa shape index (κ1) is 15.8. The smallest absolute Gasteiger partial charge is 0.293 e. The number of rotatable bonds is 7. The first-order valence-corrected chi connectivity index (χ1v) is 6.59. The van der Waals surface area contributed by atoms with Crippen molar-refractivity contribution in [3.05, 3.63) is 43.8 Å². The second kappa shape index (κ2) is 7.39. The Bertz CT molecular complexity index is 494. The van der Waals surface area contributed by atoms with E-state index in [-0.39, 0.29) is 14.9 Å². The van der Waals surface area contributed by atoms with Crippen molar-refractivity contribution in [3.8, 4) is 0 Å². The second-order valence-electron chi connectivity index (χ2n) is 3.98. The summed E-state index contributed by atoms with van der Waals surface area (Å²) in [5, 5.41) is 13.7. The van der Waals surface area contributed by atoms with E-state index in [1.54, 1.807) is 22.6 Å². The fraction of sp³-hybridized carbons (Fsp3) is 0.333. The third kappa shape index (κ3) is 5.11. The monoisotopic (exact) mass is 380 g/mol. The average molecular weight is 380 g/mol. The summed E-state index contributed by atoms with van der Waals surface area (Å²) in [6, 6.07) is 2.33. The molecule has 0 spiro atoms. The molecule has 19 heavy (non-hydrogen) atoms. The lowest BCUT2D eigenvalue weighted by Gasteiger charge is -2.08. The van der Waals surface area contributed by atoms with Crippen molar-refractivity contribution < 1.29 is 14.1 Å². The lowest BCUT2D eigenvalue weighted by atomic mass is 10.2. The van der Waals surface area contributed by atoms with Gasteiger partial charge in [0.2, 0.25) is 0 Å². The van der Waals surface area contributed by atoms with Crippen molar-refractivity contribution in [1.29, 1.82) is 0 Å². The maximum atomic E-state index is 13.4. The fourth-order valence-corrected chi connectivity index (χ4v) is 1.78. The minimum Gasteiger partial charge on any atom is -0.377 e. The molecule has 0 bridgehead atoms. The summed E-state index contributed by atoms with van der Waals surface area (Å²) in [5.41, 5.74) is 0.902. The zero-order valence-corrected chi connectivity index (χ0v) is 12.6. The molecule has 0 atom stereocenters. The molecule has 0 fully saturated rings. The Balaban J connectivity index is 2.64. The van der Waals surface area contributed by atoms with Gasteiger partial charge in [-0.2, -0.15) is 0 Å².